The molecule has 0 spiro atoms. The van der Waals surface area contributed by atoms with Crippen LogP contribution in [0.3, 0.4) is 0 Å². The second-order valence-corrected chi connectivity index (χ2v) is 5.04. The van der Waals surface area contributed by atoms with Crippen molar-refractivity contribution in [2.45, 2.75) is 4.90 Å². The molecule has 0 fully saturated rings. The van der Waals surface area contributed by atoms with E-state index in [9.17, 15) is 8.42 Å². The Balaban J connectivity index is 0.000000312. The number of hydrogen-bond acceptors (Lipinski definition) is 4. The normalized spacial score (nSPS) is 10.9. The number of ether oxygens (including phenoxy) is 2. The summed E-state index contributed by atoms with van der Waals surface area (Å²) in [5.41, 5.74) is 0. The van der Waals surface area contributed by atoms with Crippen LogP contribution in [-0.4, -0.2) is 34.0 Å². The third-order valence-corrected chi connectivity index (χ3v) is 3.18. The molecule has 6 heteroatoms. The van der Waals surface area contributed by atoms with Gasteiger partial charge in [-0.2, -0.15) is 8.42 Å². The minimum Gasteiger partial charge on any atom is -0.359 e. The standard InChI is InChI=1S/C10H8O3S.C3H8O2/c11-14(12,13)10-7-3-5-8-4-1-2-6-9(8)10;1-4-3-5-2/h1-7H,(H,11,12,13);3H2,1-2H3. The Labute approximate surface area is 112 Å². The molecule has 0 aliphatic carbocycles. The zero-order valence-electron chi connectivity index (χ0n) is 10.7. The number of fused-ring (bicyclic) bond motifs is 1. The Bertz CT molecular complexity index is 614. The average molecular weight is 284 g/mol. The summed E-state index contributed by atoms with van der Waals surface area (Å²) in [4.78, 5) is -0.0457. The molecule has 1 N–H and O–H groups in total. The highest BCUT2D eigenvalue weighted by Crippen LogP contribution is 2.21. The molecule has 2 aromatic carbocycles. The zero-order valence-corrected chi connectivity index (χ0v) is 11.6. The van der Waals surface area contributed by atoms with Crippen LogP contribution in [-0.2, 0) is 19.6 Å². The predicted octanol–water partition coefficient (Wildman–Crippen LogP) is 2.32. The minimum atomic E-state index is -4.13. The van der Waals surface area contributed by atoms with Crippen molar-refractivity contribution in [1.82, 2.24) is 0 Å². The van der Waals surface area contributed by atoms with Gasteiger partial charge in [0.05, 0.1) is 0 Å². The van der Waals surface area contributed by atoms with Crippen LogP contribution in [0.2, 0.25) is 0 Å². The molecule has 0 heterocycles. The van der Waals surface area contributed by atoms with Crippen molar-refractivity contribution in [3.05, 3.63) is 42.5 Å². The van der Waals surface area contributed by atoms with Crippen LogP contribution >= 0.6 is 0 Å². The number of hydrogen-bond donors (Lipinski definition) is 1. The maximum Gasteiger partial charge on any atom is 0.295 e. The topological polar surface area (TPSA) is 72.8 Å². The van der Waals surface area contributed by atoms with Gasteiger partial charge in [-0.1, -0.05) is 36.4 Å². The third-order valence-electron chi connectivity index (χ3n) is 2.26. The van der Waals surface area contributed by atoms with Gasteiger partial charge in [-0.15, -0.1) is 0 Å². The van der Waals surface area contributed by atoms with E-state index in [4.69, 9.17) is 4.55 Å². The molecule has 5 nitrogen and oxygen atoms in total. The van der Waals surface area contributed by atoms with Gasteiger partial charge in [0.2, 0.25) is 0 Å². The van der Waals surface area contributed by atoms with Crippen molar-refractivity contribution in [2.24, 2.45) is 0 Å². The van der Waals surface area contributed by atoms with Gasteiger partial charge in [0.25, 0.3) is 10.1 Å². The molecular formula is C13H16O5S. The molecule has 0 saturated carbocycles. The quantitative estimate of drug-likeness (QED) is 0.691. The van der Waals surface area contributed by atoms with Crippen molar-refractivity contribution in [3.8, 4) is 0 Å². The van der Waals surface area contributed by atoms with Crippen molar-refractivity contribution >= 4 is 20.9 Å². The van der Waals surface area contributed by atoms with Crippen molar-refractivity contribution in [3.63, 3.8) is 0 Å². The van der Waals surface area contributed by atoms with E-state index in [0.29, 0.717) is 12.2 Å². The van der Waals surface area contributed by atoms with Gasteiger partial charge in [0, 0.05) is 19.6 Å². The van der Waals surface area contributed by atoms with Gasteiger partial charge in [0.1, 0.15) is 11.7 Å². The highest BCUT2D eigenvalue weighted by atomic mass is 32.2. The maximum atomic E-state index is 11.0. The summed E-state index contributed by atoms with van der Waals surface area (Å²) in [6.45, 7) is 0.389. The molecule has 0 aliphatic heterocycles. The minimum absolute atomic E-state index is 0.0457. The number of benzene rings is 2. The van der Waals surface area contributed by atoms with Crippen LogP contribution in [0.15, 0.2) is 47.4 Å². The Morgan fingerprint density at radius 2 is 1.58 bits per heavy atom. The first-order valence-electron chi connectivity index (χ1n) is 5.44. The van der Waals surface area contributed by atoms with Crippen LogP contribution < -0.4 is 0 Å². The fourth-order valence-corrected chi connectivity index (χ4v) is 2.25. The monoisotopic (exact) mass is 284 g/mol. The summed E-state index contributed by atoms with van der Waals surface area (Å²) >= 11 is 0. The van der Waals surface area contributed by atoms with Gasteiger partial charge in [-0.25, -0.2) is 0 Å². The molecule has 104 valence electrons. The van der Waals surface area contributed by atoms with Gasteiger partial charge >= 0.3 is 0 Å². The summed E-state index contributed by atoms with van der Waals surface area (Å²) in [7, 11) is -0.956. The largest absolute Gasteiger partial charge is 0.359 e. The second kappa shape index (κ2) is 7.20. The fourth-order valence-electron chi connectivity index (χ4n) is 1.54. The lowest BCUT2D eigenvalue weighted by Gasteiger charge is -2.02. The highest BCUT2D eigenvalue weighted by molar-refractivity contribution is 7.86. The van der Waals surface area contributed by atoms with Crippen molar-refractivity contribution in [2.75, 3.05) is 21.0 Å². The van der Waals surface area contributed by atoms with E-state index in [1.165, 1.54) is 6.07 Å². The van der Waals surface area contributed by atoms with Gasteiger partial charge in [0.15, 0.2) is 0 Å². The Morgan fingerprint density at radius 1 is 1.00 bits per heavy atom. The van der Waals surface area contributed by atoms with Crippen LogP contribution in [0.4, 0.5) is 0 Å². The molecule has 0 aliphatic rings. The molecule has 0 amide bonds. The lowest BCUT2D eigenvalue weighted by molar-refractivity contribution is -0.00272. The smallest absolute Gasteiger partial charge is 0.295 e. The van der Waals surface area contributed by atoms with Gasteiger partial charge in [-0.3, -0.25) is 4.55 Å². The molecule has 2 rings (SSSR count). The Morgan fingerprint density at radius 3 is 2.11 bits per heavy atom. The molecule has 0 atom stereocenters. The summed E-state index contributed by atoms with van der Waals surface area (Å²) in [6.07, 6.45) is 0. The van der Waals surface area contributed by atoms with E-state index in [1.54, 1.807) is 44.6 Å². The first-order chi connectivity index (χ1) is 9.00. The first kappa shape index (κ1) is 15.6. The zero-order chi connectivity index (χ0) is 14.3. The van der Waals surface area contributed by atoms with E-state index in [0.717, 1.165) is 5.39 Å². The number of methoxy groups -OCH3 is 2. The summed E-state index contributed by atoms with van der Waals surface area (Å²) < 4.78 is 39.9. The molecular weight excluding hydrogens is 268 g/mol. The van der Waals surface area contributed by atoms with E-state index in [2.05, 4.69) is 9.47 Å². The van der Waals surface area contributed by atoms with Crippen LogP contribution in [0.5, 0.6) is 0 Å². The molecule has 0 unspecified atom stereocenters. The van der Waals surface area contributed by atoms with E-state index in [1.807, 2.05) is 6.07 Å². The molecule has 0 aromatic heterocycles. The lowest BCUT2D eigenvalue weighted by atomic mass is 10.1. The van der Waals surface area contributed by atoms with Crippen molar-refractivity contribution < 1.29 is 22.4 Å². The van der Waals surface area contributed by atoms with Gasteiger partial charge < -0.3 is 9.47 Å². The lowest BCUT2D eigenvalue weighted by Crippen LogP contribution is -1.98. The summed E-state index contributed by atoms with van der Waals surface area (Å²) in [6, 6.07) is 11.8. The SMILES string of the molecule is COCOC.O=S(=O)(O)c1cccc2ccccc12. The second-order valence-electron chi connectivity index (χ2n) is 3.65. The molecule has 0 bridgehead atoms. The maximum absolute atomic E-state index is 11.0. The highest BCUT2D eigenvalue weighted by Gasteiger charge is 2.12. The molecule has 0 saturated heterocycles. The van der Waals surface area contributed by atoms with Gasteiger partial charge in [-0.05, 0) is 11.5 Å². The fraction of sp³-hybridized carbons (Fsp3) is 0.231. The molecule has 0 radical (unpaired) electrons. The average Bonchev–Trinajstić information content (AvgIpc) is 2.39. The molecule has 19 heavy (non-hydrogen) atoms. The third kappa shape index (κ3) is 4.60. The Hall–Kier alpha value is -1.47. The summed E-state index contributed by atoms with van der Waals surface area (Å²) in [5.74, 6) is 0. The van der Waals surface area contributed by atoms with Crippen LogP contribution in [0.1, 0.15) is 0 Å². The van der Waals surface area contributed by atoms with Crippen LogP contribution in [0.25, 0.3) is 10.8 Å². The molecule has 2 aromatic rings. The van der Waals surface area contributed by atoms with Crippen LogP contribution in [0, 0.1) is 0 Å². The van der Waals surface area contributed by atoms with Crippen molar-refractivity contribution in [1.29, 1.82) is 0 Å². The first-order valence-corrected chi connectivity index (χ1v) is 6.88. The van der Waals surface area contributed by atoms with E-state index < -0.39 is 10.1 Å². The predicted molar refractivity (Wildman–Crippen MR) is 72.6 cm³/mol. The van der Waals surface area contributed by atoms with E-state index in [-0.39, 0.29) is 4.90 Å². The number of rotatable bonds is 3. The van der Waals surface area contributed by atoms with E-state index >= 15 is 0 Å². The Kier molecular flexibility index (Phi) is 5.91. The summed E-state index contributed by atoms with van der Waals surface area (Å²) in [5, 5.41) is 1.33.